The molecule has 5 heteroatoms. The maximum Gasteiger partial charge on any atom is 0.267 e. The van der Waals surface area contributed by atoms with Gasteiger partial charge in [0.05, 0.1) is 5.02 Å². The summed E-state index contributed by atoms with van der Waals surface area (Å²) in [6.45, 7) is 4.76. The lowest BCUT2D eigenvalue weighted by Crippen LogP contribution is -2.26. The van der Waals surface area contributed by atoms with Gasteiger partial charge in [-0.25, -0.2) is 0 Å². The molecule has 3 N–H and O–H groups in total. The largest absolute Gasteiger partial charge is 0.396 e. The van der Waals surface area contributed by atoms with Crippen LogP contribution in [0.25, 0.3) is 0 Å². The van der Waals surface area contributed by atoms with Crippen LogP contribution in [0.5, 0.6) is 0 Å². The van der Waals surface area contributed by atoms with Crippen molar-refractivity contribution in [3.63, 3.8) is 0 Å². The molecule has 1 aromatic heterocycles. The normalized spacial score (nSPS) is 11.5. The third kappa shape index (κ3) is 4.79. The van der Waals surface area contributed by atoms with Crippen molar-refractivity contribution in [1.82, 2.24) is 10.3 Å². The first kappa shape index (κ1) is 14.1. The monoisotopic (exact) mass is 258 g/mol. The van der Waals surface area contributed by atoms with E-state index in [1.165, 1.54) is 0 Å². The van der Waals surface area contributed by atoms with Crippen molar-refractivity contribution in [3.05, 3.63) is 23.0 Å². The number of aliphatic hydroxyl groups excluding tert-OH is 1. The molecule has 0 fully saturated rings. The topological polar surface area (TPSA) is 65.1 Å². The number of rotatable bonds is 6. The van der Waals surface area contributed by atoms with E-state index in [4.69, 9.17) is 16.7 Å². The number of nitrogens with one attached hydrogen (secondary N) is 2. The SMILES string of the molecule is CC(C)(CO)CCCNC(=O)c1cc(Cl)c[nH]1. The van der Waals surface area contributed by atoms with E-state index in [1.807, 2.05) is 13.8 Å². The molecule has 4 nitrogen and oxygen atoms in total. The predicted molar refractivity (Wildman–Crippen MR) is 68.2 cm³/mol. The van der Waals surface area contributed by atoms with Gasteiger partial charge in [-0.05, 0) is 24.3 Å². The van der Waals surface area contributed by atoms with Crippen LogP contribution in [0.4, 0.5) is 0 Å². The fourth-order valence-electron chi connectivity index (χ4n) is 1.44. The molecular weight excluding hydrogens is 240 g/mol. The standard InChI is InChI=1S/C12H19ClN2O2/c1-12(2,8-16)4-3-5-14-11(17)10-6-9(13)7-15-10/h6-7,15-16H,3-5,8H2,1-2H3,(H,14,17). The number of aromatic nitrogens is 1. The van der Waals surface area contributed by atoms with Crippen molar-refractivity contribution in [2.45, 2.75) is 26.7 Å². The molecule has 1 heterocycles. The molecule has 0 saturated carbocycles. The second-order valence-electron chi connectivity index (χ2n) is 4.91. The summed E-state index contributed by atoms with van der Waals surface area (Å²) in [6, 6.07) is 1.59. The van der Waals surface area contributed by atoms with Crippen molar-refractivity contribution >= 4 is 17.5 Å². The van der Waals surface area contributed by atoms with Gasteiger partial charge in [0.2, 0.25) is 0 Å². The number of hydrogen-bond acceptors (Lipinski definition) is 2. The second kappa shape index (κ2) is 6.07. The van der Waals surface area contributed by atoms with Crippen LogP contribution in [0.1, 0.15) is 37.2 Å². The number of carbonyl (C=O) groups is 1. The van der Waals surface area contributed by atoms with Crippen molar-refractivity contribution in [1.29, 1.82) is 0 Å². The fraction of sp³-hybridized carbons (Fsp3) is 0.583. The number of amides is 1. The van der Waals surface area contributed by atoms with E-state index in [0.29, 0.717) is 17.3 Å². The Bertz CT molecular complexity index is 374. The first-order valence-corrected chi connectivity index (χ1v) is 6.05. The quantitative estimate of drug-likeness (QED) is 0.685. The van der Waals surface area contributed by atoms with E-state index in [0.717, 1.165) is 12.8 Å². The van der Waals surface area contributed by atoms with E-state index in [1.54, 1.807) is 12.3 Å². The van der Waals surface area contributed by atoms with Gasteiger partial charge in [-0.1, -0.05) is 25.4 Å². The van der Waals surface area contributed by atoms with Gasteiger partial charge < -0.3 is 15.4 Å². The Morgan fingerprint density at radius 3 is 2.82 bits per heavy atom. The lowest BCUT2D eigenvalue weighted by molar-refractivity contribution is 0.0944. The van der Waals surface area contributed by atoms with Crippen molar-refractivity contribution in [2.75, 3.05) is 13.2 Å². The maximum atomic E-state index is 11.6. The number of hydrogen-bond donors (Lipinski definition) is 3. The Hall–Kier alpha value is -1.00. The van der Waals surface area contributed by atoms with E-state index in [-0.39, 0.29) is 17.9 Å². The Kier molecular flexibility index (Phi) is 5.02. The van der Waals surface area contributed by atoms with Crippen LogP contribution in [-0.2, 0) is 0 Å². The molecule has 1 aromatic rings. The highest BCUT2D eigenvalue weighted by Gasteiger charge is 2.15. The zero-order valence-electron chi connectivity index (χ0n) is 10.2. The zero-order chi connectivity index (χ0) is 12.9. The van der Waals surface area contributed by atoms with Crippen LogP contribution in [0.15, 0.2) is 12.3 Å². The summed E-state index contributed by atoms with van der Waals surface area (Å²) >= 11 is 5.71. The van der Waals surface area contributed by atoms with Crippen molar-refractivity contribution in [3.8, 4) is 0 Å². The lowest BCUT2D eigenvalue weighted by Gasteiger charge is -2.21. The summed E-state index contributed by atoms with van der Waals surface area (Å²) in [6.07, 6.45) is 3.29. The van der Waals surface area contributed by atoms with Gasteiger partial charge in [-0.3, -0.25) is 4.79 Å². The summed E-state index contributed by atoms with van der Waals surface area (Å²) in [5, 5.41) is 12.4. The van der Waals surface area contributed by atoms with Crippen LogP contribution in [0, 0.1) is 5.41 Å². The summed E-state index contributed by atoms with van der Waals surface area (Å²) in [4.78, 5) is 14.4. The number of carbonyl (C=O) groups excluding carboxylic acids is 1. The third-order valence-corrected chi connectivity index (χ3v) is 2.85. The summed E-state index contributed by atoms with van der Waals surface area (Å²) in [7, 11) is 0. The van der Waals surface area contributed by atoms with Gasteiger partial charge in [-0.2, -0.15) is 0 Å². The molecule has 0 unspecified atom stereocenters. The average Bonchev–Trinajstić information content (AvgIpc) is 2.71. The minimum Gasteiger partial charge on any atom is -0.396 e. The molecule has 0 aliphatic carbocycles. The molecule has 0 aliphatic rings. The van der Waals surface area contributed by atoms with Crippen LogP contribution in [-0.4, -0.2) is 29.1 Å². The third-order valence-electron chi connectivity index (χ3n) is 2.64. The molecule has 0 aliphatic heterocycles. The number of halogens is 1. The van der Waals surface area contributed by atoms with Gasteiger partial charge in [-0.15, -0.1) is 0 Å². The number of H-pyrrole nitrogens is 1. The lowest BCUT2D eigenvalue weighted by atomic mass is 9.89. The summed E-state index contributed by atoms with van der Waals surface area (Å²) < 4.78 is 0. The second-order valence-corrected chi connectivity index (χ2v) is 5.35. The van der Waals surface area contributed by atoms with Crippen molar-refractivity contribution < 1.29 is 9.90 Å². The summed E-state index contributed by atoms with van der Waals surface area (Å²) in [5.74, 6) is -0.154. The maximum absolute atomic E-state index is 11.6. The first-order chi connectivity index (χ1) is 7.94. The highest BCUT2D eigenvalue weighted by Crippen LogP contribution is 2.20. The van der Waals surface area contributed by atoms with Crippen LogP contribution in [0.3, 0.4) is 0 Å². The highest BCUT2D eigenvalue weighted by molar-refractivity contribution is 6.30. The minimum atomic E-state index is -0.154. The molecule has 0 saturated heterocycles. The average molecular weight is 259 g/mol. The predicted octanol–water partition coefficient (Wildman–Crippen LogP) is 2.20. The van der Waals surface area contributed by atoms with Gasteiger partial charge in [0.1, 0.15) is 5.69 Å². The van der Waals surface area contributed by atoms with Crippen LogP contribution < -0.4 is 5.32 Å². The number of aliphatic hydroxyl groups is 1. The fourth-order valence-corrected chi connectivity index (χ4v) is 1.61. The Balaban J connectivity index is 2.26. The van der Waals surface area contributed by atoms with E-state index in [2.05, 4.69) is 10.3 Å². The van der Waals surface area contributed by atoms with Gasteiger partial charge >= 0.3 is 0 Å². The highest BCUT2D eigenvalue weighted by atomic mass is 35.5. The molecule has 96 valence electrons. The molecule has 0 spiro atoms. The molecule has 1 amide bonds. The van der Waals surface area contributed by atoms with Crippen LogP contribution >= 0.6 is 11.6 Å². The molecule has 0 aromatic carbocycles. The molecular formula is C12H19ClN2O2. The smallest absolute Gasteiger partial charge is 0.267 e. The Morgan fingerprint density at radius 2 is 2.29 bits per heavy atom. The van der Waals surface area contributed by atoms with E-state index >= 15 is 0 Å². The van der Waals surface area contributed by atoms with E-state index in [9.17, 15) is 4.79 Å². The molecule has 0 atom stereocenters. The molecule has 0 radical (unpaired) electrons. The Morgan fingerprint density at radius 1 is 1.59 bits per heavy atom. The van der Waals surface area contributed by atoms with Gasteiger partial charge in [0.25, 0.3) is 5.91 Å². The van der Waals surface area contributed by atoms with E-state index < -0.39 is 0 Å². The Labute approximate surface area is 106 Å². The van der Waals surface area contributed by atoms with Crippen LogP contribution in [0.2, 0.25) is 5.02 Å². The number of aromatic amines is 1. The first-order valence-electron chi connectivity index (χ1n) is 5.67. The molecule has 0 bridgehead atoms. The van der Waals surface area contributed by atoms with Gasteiger partial charge in [0.15, 0.2) is 0 Å². The van der Waals surface area contributed by atoms with Gasteiger partial charge in [0, 0.05) is 19.3 Å². The van der Waals surface area contributed by atoms with Crippen molar-refractivity contribution in [2.24, 2.45) is 5.41 Å². The molecule has 1 rings (SSSR count). The summed E-state index contributed by atoms with van der Waals surface area (Å²) in [5.41, 5.74) is 0.386. The molecule has 17 heavy (non-hydrogen) atoms. The minimum absolute atomic E-state index is 0.0829. The zero-order valence-corrected chi connectivity index (χ0v) is 11.0.